The molecule has 0 bridgehead atoms. The van der Waals surface area contributed by atoms with Crippen LogP contribution >= 0.6 is 0 Å². The normalized spacial score (nSPS) is 17.5. The zero-order valence-corrected chi connectivity index (χ0v) is 11.1. The van der Waals surface area contributed by atoms with Crippen LogP contribution in [0.2, 0.25) is 0 Å². The van der Waals surface area contributed by atoms with Crippen molar-refractivity contribution in [1.82, 2.24) is 0 Å². The summed E-state index contributed by atoms with van der Waals surface area (Å²) in [5.41, 5.74) is 5.18. The van der Waals surface area contributed by atoms with E-state index in [1.165, 1.54) is 0 Å². The minimum Gasteiger partial charge on any atom is -0.508 e. The van der Waals surface area contributed by atoms with Gasteiger partial charge in [0, 0.05) is 11.5 Å². The molecule has 0 saturated carbocycles. The lowest BCUT2D eigenvalue weighted by atomic mass is 9.66. The van der Waals surface area contributed by atoms with Gasteiger partial charge in [-0.05, 0) is 31.0 Å². The van der Waals surface area contributed by atoms with Gasteiger partial charge in [-0.3, -0.25) is 0 Å². The van der Waals surface area contributed by atoms with Crippen molar-refractivity contribution in [2.24, 2.45) is 11.1 Å². The fourth-order valence-corrected chi connectivity index (χ4v) is 2.17. The molecular weight excluding hydrogens is 214 g/mol. The first-order valence-corrected chi connectivity index (χ1v) is 6.03. The summed E-state index contributed by atoms with van der Waals surface area (Å²) in [5.74, 6) is 0.162. The van der Waals surface area contributed by atoms with Gasteiger partial charge in [0.1, 0.15) is 5.75 Å². The first-order valence-electron chi connectivity index (χ1n) is 6.03. The molecular formula is C14H23NO2. The van der Waals surface area contributed by atoms with E-state index in [-0.39, 0.29) is 11.8 Å². The van der Waals surface area contributed by atoms with Crippen LogP contribution in [0.1, 0.15) is 39.7 Å². The van der Waals surface area contributed by atoms with Crippen LogP contribution in [0, 0.1) is 5.41 Å². The summed E-state index contributed by atoms with van der Waals surface area (Å²) in [4.78, 5) is 0. The Hall–Kier alpha value is -1.06. The van der Waals surface area contributed by atoms with Gasteiger partial charge in [-0.15, -0.1) is 0 Å². The summed E-state index contributed by atoms with van der Waals surface area (Å²) < 4.78 is 0. The molecule has 0 heterocycles. The molecule has 0 spiro atoms. The Kier molecular flexibility index (Phi) is 3.84. The highest BCUT2D eigenvalue weighted by molar-refractivity contribution is 5.33. The molecule has 0 aliphatic heterocycles. The van der Waals surface area contributed by atoms with Crippen LogP contribution in [0.25, 0.3) is 0 Å². The van der Waals surface area contributed by atoms with Gasteiger partial charge in [0.05, 0.1) is 5.60 Å². The van der Waals surface area contributed by atoms with Crippen LogP contribution in [-0.4, -0.2) is 16.3 Å². The molecule has 3 nitrogen and oxygen atoms in total. The van der Waals surface area contributed by atoms with E-state index in [9.17, 15) is 10.2 Å². The molecule has 0 aliphatic rings. The van der Waals surface area contributed by atoms with Crippen molar-refractivity contribution < 1.29 is 10.2 Å². The monoisotopic (exact) mass is 237 g/mol. The van der Waals surface area contributed by atoms with E-state index in [1.807, 2.05) is 33.8 Å². The van der Waals surface area contributed by atoms with Gasteiger partial charge in [-0.1, -0.05) is 32.9 Å². The zero-order chi connectivity index (χ0) is 13.3. The highest BCUT2D eigenvalue weighted by Crippen LogP contribution is 2.44. The molecule has 17 heavy (non-hydrogen) atoms. The molecule has 0 aromatic heterocycles. The Labute approximate surface area is 103 Å². The Morgan fingerprint density at radius 2 is 1.94 bits per heavy atom. The fraction of sp³-hybridized carbons (Fsp3) is 0.571. The fourth-order valence-electron chi connectivity index (χ4n) is 2.17. The van der Waals surface area contributed by atoms with Crippen LogP contribution in [0.4, 0.5) is 0 Å². The van der Waals surface area contributed by atoms with Crippen molar-refractivity contribution in [3.63, 3.8) is 0 Å². The molecule has 0 fully saturated rings. The second-order valence-electron chi connectivity index (χ2n) is 5.27. The second kappa shape index (κ2) is 4.67. The van der Waals surface area contributed by atoms with Crippen molar-refractivity contribution >= 4 is 0 Å². The highest BCUT2D eigenvalue weighted by Gasteiger charge is 2.45. The van der Waals surface area contributed by atoms with Crippen molar-refractivity contribution in [3.8, 4) is 5.75 Å². The molecule has 1 rings (SSSR count). The molecule has 0 radical (unpaired) electrons. The number of phenols is 1. The van der Waals surface area contributed by atoms with E-state index in [0.29, 0.717) is 12.0 Å². The highest BCUT2D eigenvalue weighted by atomic mass is 16.3. The van der Waals surface area contributed by atoms with Gasteiger partial charge in [-0.2, -0.15) is 0 Å². The van der Waals surface area contributed by atoms with Gasteiger partial charge in [0.25, 0.3) is 0 Å². The maximum absolute atomic E-state index is 10.9. The first-order chi connectivity index (χ1) is 7.75. The molecule has 0 aliphatic carbocycles. The Morgan fingerprint density at radius 1 is 1.35 bits per heavy atom. The minimum atomic E-state index is -1.04. The minimum absolute atomic E-state index is 0.158. The molecule has 2 unspecified atom stereocenters. The lowest BCUT2D eigenvalue weighted by Crippen LogP contribution is -2.51. The maximum atomic E-state index is 10.9. The number of phenolic OH excluding ortho intramolecular Hbond substituents is 1. The average molecular weight is 237 g/mol. The number of aromatic hydroxyl groups is 1. The lowest BCUT2D eigenvalue weighted by Gasteiger charge is -2.45. The van der Waals surface area contributed by atoms with Gasteiger partial charge in [-0.25, -0.2) is 0 Å². The van der Waals surface area contributed by atoms with Gasteiger partial charge < -0.3 is 15.9 Å². The van der Waals surface area contributed by atoms with Crippen LogP contribution in [0.5, 0.6) is 5.75 Å². The summed E-state index contributed by atoms with van der Waals surface area (Å²) in [6, 6.07) is 6.61. The summed E-state index contributed by atoms with van der Waals surface area (Å²) in [6.45, 7) is 7.72. The predicted molar refractivity (Wildman–Crippen MR) is 69.7 cm³/mol. The quantitative estimate of drug-likeness (QED) is 0.753. The molecule has 96 valence electrons. The molecule has 1 aromatic rings. The van der Waals surface area contributed by atoms with E-state index >= 15 is 0 Å². The number of benzene rings is 1. The maximum Gasteiger partial charge on any atom is 0.115 e. The van der Waals surface area contributed by atoms with Gasteiger partial charge in [0.15, 0.2) is 0 Å². The van der Waals surface area contributed by atoms with E-state index in [4.69, 9.17) is 5.73 Å². The first kappa shape index (κ1) is 14.0. The van der Waals surface area contributed by atoms with Crippen LogP contribution in [0.3, 0.4) is 0 Å². The van der Waals surface area contributed by atoms with Crippen LogP contribution in [0.15, 0.2) is 24.3 Å². The predicted octanol–water partition coefficient (Wildman–Crippen LogP) is 2.36. The largest absolute Gasteiger partial charge is 0.508 e. The van der Waals surface area contributed by atoms with Crippen molar-refractivity contribution in [1.29, 1.82) is 0 Å². The Balaban J connectivity index is 3.30. The van der Waals surface area contributed by atoms with Crippen LogP contribution < -0.4 is 5.73 Å². The summed E-state index contributed by atoms with van der Waals surface area (Å²) in [5, 5.41) is 20.5. The second-order valence-corrected chi connectivity index (χ2v) is 5.27. The van der Waals surface area contributed by atoms with Crippen LogP contribution in [-0.2, 0) is 5.60 Å². The lowest BCUT2D eigenvalue weighted by molar-refractivity contribution is -0.0868. The third kappa shape index (κ3) is 2.31. The number of aliphatic hydroxyl groups is 1. The summed E-state index contributed by atoms with van der Waals surface area (Å²) >= 11 is 0. The average Bonchev–Trinajstić information content (AvgIpc) is 2.27. The van der Waals surface area contributed by atoms with Crippen molar-refractivity contribution in [3.05, 3.63) is 29.8 Å². The van der Waals surface area contributed by atoms with E-state index in [2.05, 4.69) is 0 Å². The van der Waals surface area contributed by atoms with Gasteiger partial charge in [0.2, 0.25) is 0 Å². The van der Waals surface area contributed by atoms with Crippen molar-refractivity contribution in [2.75, 3.05) is 0 Å². The third-order valence-electron chi connectivity index (χ3n) is 4.04. The SMILES string of the molecule is CCC(O)(c1cccc(O)c1)C(C)(C)C(C)N. The Morgan fingerprint density at radius 3 is 2.35 bits per heavy atom. The smallest absolute Gasteiger partial charge is 0.115 e. The topological polar surface area (TPSA) is 66.5 Å². The standard InChI is InChI=1S/C14H23NO2/c1-5-14(17,13(3,4)10(2)15)11-7-6-8-12(16)9-11/h6-10,16-17H,5,15H2,1-4H3. The molecule has 0 amide bonds. The summed E-state index contributed by atoms with van der Waals surface area (Å²) in [7, 11) is 0. The molecule has 3 heteroatoms. The van der Waals surface area contributed by atoms with E-state index in [1.54, 1.807) is 18.2 Å². The molecule has 0 saturated heterocycles. The number of hydrogen-bond acceptors (Lipinski definition) is 3. The molecule has 4 N–H and O–H groups in total. The molecule has 1 aromatic carbocycles. The van der Waals surface area contributed by atoms with Crippen molar-refractivity contribution in [2.45, 2.75) is 45.8 Å². The third-order valence-corrected chi connectivity index (χ3v) is 4.04. The number of rotatable bonds is 4. The molecule has 2 atom stereocenters. The van der Waals surface area contributed by atoms with Gasteiger partial charge >= 0.3 is 0 Å². The number of nitrogens with two attached hydrogens (primary N) is 1. The zero-order valence-electron chi connectivity index (χ0n) is 11.1. The van der Waals surface area contributed by atoms with E-state index < -0.39 is 11.0 Å². The number of hydrogen-bond donors (Lipinski definition) is 3. The van der Waals surface area contributed by atoms with E-state index in [0.717, 1.165) is 0 Å². The Bertz CT molecular complexity index is 388. The summed E-state index contributed by atoms with van der Waals surface area (Å²) in [6.07, 6.45) is 0.547.